The fourth-order valence-corrected chi connectivity index (χ4v) is 4.77. The zero-order chi connectivity index (χ0) is 13.8. The standard InChI is InChI=1S/C19H17P/c1-16-9-8-14-19(15-16)20(17-10-4-2-5-11-17)18-12-6-3-7-13-18/h2-15H,1H3. The van der Waals surface area contributed by atoms with Crippen molar-refractivity contribution in [1.82, 2.24) is 0 Å². The van der Waals surface area contributed by atoms with E-state index in [4.69, 9.17) is 0 Å². The summed E-state index contributed by atoms with van der Waals surface area (Å²) in [5.74, 6) is 0. The predicted octanol–water partition coefficient (Wildman–Crippen LogP) is 3.75. The van der Waals surface area contributed by atoms with Gasteiger partial charge in [-0.3, -0.25) is 0 Å². The van der Waals surface area contributed by atoms with Crippen molar-refractivity contribution in [2.24, 2.45) is 0 Å². The Balaban J connectivity index is 2.14. The lowest BCUT2D eigenvalue weighted by molar-refractivity contribution is 1.50. The molecule has 0 fully saturated rings. The number of hydrogen-bond acceptors (Lipinski definition) is 0. The molecule has 0 aliphatic heterocycles. The Morgan fingerprint density at radius 3 is 1.55 bits per heavy atom. The van der Waals surface area contributed by atoms with E-state index in [0.717, 1.165) is 0 Å². The van der Waals surface area contributed by atoms with Gasteiger partial charge in [-0.25, -0.2) is 0 Å². The largest absolute Gasteiger partial charge is 0.0622 e. The lowest BCUT2D eigenvalue weighted by Crippen LogP contribution is -2.20. The maximum atomic E-state index is 2.31. The molecule has 0 N–H and O–H groups in total. The summed E-state index contributed by atoms with van der Waals surface area (Å²) in [5, 5.41) is 4.22. The van der Waals surface area contributed by atoms with Gasteiger partial charge in [0.25, 0.3) is 0 Å². The van der Waals surface area contributed by atoms with Crippen LogP contribution in [0.15, 0.2) is 84.9 Å². The molecule has 0 bridgehead atoms. The van der Waals surface area contributed by atoms with Crippen LogP contribution < -0.4 is 15.9 Å². The molecule has 0 saturated carbocycles. The Kier molecular flexibility index (Phi) is 3.95. The van der Waals surface area contributed by atoms with Crippen molar-refractivity contribution < 1.29 is 0 Å². The highest BCUT2D eigenvalue weighted by molar-refractivity contribution is 7.79. The summed E-state index contributed by atoms with van der Waals surface area (Å²) in [6, 6.07) is 30.5. The SMILES string of the molecule is Cc1cccc(P(c2ccccc2)c2ccccc2)c1. The quantitative estimate of drug-likeness (QED) is 0.639. The second kappa shape index (κ2) is 6.03. The van der Waals surface area contributed by atoms with E-state index in [1.165, 1.54) is 21.5 Å². The van der Waals surface area contributed by atoms with Crippen molar-refractivity contribution in [3.8, 4) is 0 Å². The Bertz CT molecular complexity index is 635. The van der Waals surface area contributed by atoms with Crippen molar-refractivity contribution in [3.63, 3.8) is 0 Å². The van der Waals surface area contributed by atoms with Crippen LogP contribution in [0.3, 0.4) is 0 Å². The van der Waals surface area contributed by atoms with Crippen molar-refractivity contribution in [2.45, 2.75) is 6.92 Å². The van der Waals surface area contributed by atoms with Crippen LogP contribution in [0.4, 0.5) is 0 Å². The van der Waals surface area contributed by atoms with E-state index >= 15 is 0 Å². The number of benzene rings is 3. The Morgan fingerprint density at radius 1 is 0.550 bits per heavy atom. The molecule has 0 radical (unpaired) electrons. The first-order chi connectivity index (χ1) is 9.84. The summed E-state index contributed by atoms with van der Waals surface area (Å²) in [4.78, 5) is 0. The van der Waals surface area contributed by atoms with Gasteiger partial charge in [0, 0.05) is 0 Å². The van der Waals surface area contributed by atoms with E-state index in [2.05, 4.69) is 91.9 Å². The highest BCUT2D eigenvalue weighted by Gasteiger charge is 2.15. The van der Waals surface area contributed by atoms with Gasteiger partial charge in [-0.1, -0.05) is 90.5 Å². The number of hydrogen-bond donors (Lipinski definition) is 0. The predicted molar refractivity (Wildman–Crippen MR) is 89.9 cm³/mol. The number of aryl methyl sites for hydroxylation is 1. The zero-order valence-electron chi connectivity index (χ0n) is 11.5. The maximum absolute atomic E-state index is 2.31. The Labute approximate surface area is 121 Å². The first-order valence-electron chi connectivity index (χ1n) is 6.81. The van der Waals surface area contributed by atoms with Gasteiger partial charge in [0.1, 0.15) is 0 Å². The molecule has 3 aromatic carbocycles. The van der Waals surface area contributed by atoms with Crippen molar-refractivity contribution in [3.05, 3.63) is 90.5 Å². The van der Waals surface area contributed by atoms with Gasteiger partial charge < -0.3 is 0 Å². The van der Waals surface area contributed by atoms with E-state index in [1.54, 1.807) is 0 Å². The molecule has 0 aliphatic carbocycles. The van der Waals surface area contributed by atoms with Crippen LogP contribution >= 0.6 is 7.92 Å². The lowest BCUT2D eigenvalue weighted by atomic mass is 10.2. The smallest absolute Gasteiger partial charge is 0.0134 e. The topological polar surface area (TPSA) is 0 Å². The van der Waals surface area contributed by atoms with Crippen LogP contribution in [-0.4, -0.2) is 0 Å². The van der Waals surface area contributed by atoms with Crippen LogP contribution in [-0.2, 0) is 0 Å². The summed E-state index contributed by atoms with van der Waals surface area (Å²) in [5.41, 5.74) is 1.32. The van der Waals surface area contributed by atoms with E-state index in [0.29, 0.717) is 0 Å². The minimum atomic E-state index is -0.462. The summed E-state index contributed by atoms with van der Waals surface area (Å²) < 4.78 is 0. The third kappa shape index (κ3) is 2.81. The molecule has 0 spiro atoms. The van der Waals surface area contributed by atoms with Gasteiger partial charge >= 0.3 is 0 Å². The molecule has 3 rings (SSSR count). The molecule has 1 heteroatoms. The van der Waals surface area contributed by atoms with Crippen molar-refractivity contribution in [2.75, 3.05) is 0 Å². The molecule has 0 heterocycles. The van der Waals surface area contributed by atoms with Gasteiger partial charge in [-0.15, -0.1) is 0 Å². The molecule has 0 saturated heterocycles. The Morgan fingerprint density at radius 2 is 1.05 bits per heavy atom. The zero-order valence-corrected chi connectivity index (χ0v) is 12.4. The molecule has 3 aromatic rings. The molecule has 0 aromatic heterocycles. The molecule has 0 atom stereocenters. The van der Waals surface area contributed by atoms with Gasteiger partial charge in [0.15, 0.2) is 0 Å². The first kappa shape index (κ1) is 13.1. The summed E-state index contributed by atoms with van der Waals surface area (Å²) in [7, 11) is -0.462. The van der Waals surface area contributed by atoms with Gasteiger partial charge in [-0.05, 0) is 30.8 Å². The molecule has 20 heavy (non-hydrogen) atoms. The van der Waals surface area contributed by atoms with Crippen molar-refractivity contribution >= 4 is 23.8 Å². The van der Waals surface area contributed by atoms with Crippen LogP contribution in [0.1, 0.15) is 5.56 Å². The van der Waals surface area contributed by atoms with Crippen LogP contribution in [0.25, 0.3) is 0 Å². The average Bonchev–Trinajstić information content (AvgIpc) is 2.50. The number of rotatable bonds is 3. The molecule has 0 amide bonds. The van der Waals surface area contributed by atoms with E-state index in [1.807, 2.05) is 0 Å². The van der Waals surface area contributed by atoms with E-state index in [-0.39, 0.29) is 0 Å². The fraction of sp³-hybridized carbons (Fsp3) is 0.0526. The van der Waals surface area contributed by atoms with E-state index in [9.17, 15) is 0 Å². The highest BCUT2D eigenvalue weighted by atomic mass is 31.1. The molecule has 0 nitrogen and oxygen atoms in total. The maximum Gasteiger partial charge on any atom is -0.0134 e. The Hall–Kier alpha value is -1.91. The third-order valence-corrected chi connectivity index (χ3v) is 5.71. The third-order valence-electron chi connectivity index (χ3n) is 3.29. The highest BCUT2D eigenvalue weighted by Crippen LogP contribution is 2.32. The summed E-state index contributed by atoms with van der Waals surface area (Å²) in [6.07, 6.45) is 0. The minimum absolute atomic E-state index is 0.462. The second-order valence-corrected chi connectivity index (χ2v) is 7.07. The molecule has 0 unspecified atom stereocenters. The first-order valence-corrected chi connectivity index (χ1v) is 8.16. The molecular formula is C19H17P. The normalized spacial score (nSPS) is 10.7. The molecular weight excluding hydrogens is 259 g/mol. The molecule has 0 aliphatic rings. The minimum Gasteiger partial charge on any atom is -0.0622 e. The molecule has 98 valence electrons. The van der Waals surface area contributed by atoms with Crippen LogP contribution in [0, 0.1) is 6.92 Å². The van der Waals surface area contributed by atoms with E-state index < -0.39 is 7.92 Å². The van der Waals surface area contributed by atoms with Crippen LogP contribution in [0.2, 0.25) is 0 Å². The summed E-state index contributed by atoms with van der Waals surface area (Å²) >= 11 is 0. The van der Waals surface area contributed by atoms with Crippen molar-refractivity contribution in [1.29, 1.82) is 0 Å². The van der Waals surface area contributed by atoms with Gasteiger partial charge in [0.2, 0.25) is 0 Å². The second-order valence-electron chi connectivity index (χ2n) is 4.85. The van der Waals surface area contributed by atoms with Gasteiger partial charge in [-0.2, -0.15) is 0 Å². The lowest BCUT2D eigenvalue weighted by Gasteiger charge is -2.19. The van der Waals surface area contributed by atoms with Crippen LogP contribution in [0.5, 0.6) is 0 Å². The summed E-state index contributed by atoms with van der Waals surface area (Å²) in [6.45, 7) is 2.16. The fourth-order valence-electron chi connectivity index (χ4n) is 2.37. The average molecular weight is 276 g/mol. The van der Waals surface area contributed by atoms with Gasteiger partial charge in [0.05, 0.1) is 0 Å². The monoisotopic (exact) mass is 276 g/mol.